The molecule has 1 aliphatic rings. The van der Waals surface area contributed by atoms with Crippen LogP contribution in [-0.4, -0.2) is 29.4 Å². The Balaban J connectivity index is 0.00000225. The second-order valence-corrected chi connectivity index (χ2v) is 4.32. The van der Waals surface area contributed by atoms with Crippen molar-refractivity contribution in [1.82, 2.24) is 4.90 Å². The fourth-order valence-electron chi connectivity index (χ4n) is 2.12. The van der Waals surface area contributed by atoms with Gasteiger partial charge in [-0.3, -0.25) is 9.69 Å². The monoisotopic (exact) mass is 250 g/mol. The van der Waals surface area contributed by atoms with Crippen molar-refractivity contribution in [2.45, 2.75) is 45.7 Å². The maximum atomic E-state index is 13.7. The first kappa shape index (κ1) is 15.4. The highest BCUT2D eigenvalue weighted by Gasteiger charge is 2.34. The SMILES string of the molecule is CC(C)=C(F)[C@@H](C)N1CCCC1C(N)=O.Cl. The lowest BCUT2D eigenvalue weighted by molar-refractivity contribution is -0.122. The van der Waals surface area contributed by atoms with Crippen LogP contribution in [0.1, 0.15) is 33.6 Å². The van der Waals surface area contributed by atoms with Crippen molar-refractivity contribution >= 4 is 18.3 Å². The van der Waals surface area contributed by atoms with E-state index in [0.717, 1.165) is 19.4 Å². The molecule has 5 heteroatoms. The number of nitrogens with two attached hydrogens (primary N) is 1. The average molecular weight is 251 g/mol. The Labute approximate surface area is 102 Å². The number of allylic oxidation sites excluding steroid dienone is 1. The number of rotatable bonds is 3. The Hall–Kier alpha value is -0.610. The zero-order chi connectivity index (χ0) is 11.6. The van der Waals surface area contributed by atoms with Gasteiger partial charge in [0.05, 0.1) is 12.1 Å². The minimum absolute atomic E-state index is 0. The summed E-state index contributed by atoms with van der Waals surface area (Å²) in [6, 6.07) is -0.639. The first-order chi connectivity index (χ1) is 6.95. The van der Waals surface area contributed by atoms with Crippen molar-refractivity contribution in [2.75, 3.05) is 6.54 Å². The van der Waals surface area contributed by atoms with E-state index in [-0.39, 0.29) is 36.2 Å². The summed E-state index contributed by atoms with van der Waals surface area (Å²) in [7, 11) is 0. The van der Waals surface area contributed by atoms with Gasteiger partial charge in [0, 0.05) is 0 Å². The summed E-state index contributed by atoms with van der Waals surface area (Å²) in [6.45, 7) is 6.00. The van der Waals surface area contributed by atoms with Gasteiger partial charge in [-0.15, -0.1) is 12.4 Å². The summed E-state index contributed by atoms with van der Waals surface area (Å²) >= 11 is 0. The Morgan fingerprint density at radius 1 is 1.50 bits per heavy atom. The zero-order valence-electron chi connectivity index (χ0n) is 10.00. The van der Waals surface area contributed by atoms with Crippen LogP contribution >= 0.6 is 12.4 Å². The Morgan fingerprint density at radius 2 is 2.06 bits per heavy atom. The largest absolute Gasteiger partial charge is 0.368 e. The predicted molar refractivity (Wildman–Crippen MR) is 65.1 cm³/mol. The number of halogens is 2. The summed E-state index contributed by atoms with van der Waals surface area (Å²) < 4.78 is 13.7. The predicted octanol–water partition coefficient (Wildman–Crippen LogP) is 2.01. The number of primary amides is 1. The van der Waals surface area contributed by atoms with Gasteiger partial charge >= 0.3 is 0 Å². The third-order valence-corrected chi connectivity index (χ3v) is 2.96. The average Bonchev–Trinajstić information content (AvgIpc) is 2.63. The first-order valence-corrected chi connectivity index (χ1v) is 5.33. The van der Waals surface area contributed by atoms with E-state index in [0.29, 0.717) is 5.57 Å². The Bertz CT molecular complexity index is 290. The molecule has 1 saturated heterocycles. The third-order valence-electron chi connectivity index (χ3n) is 2.96. The smallest absolute Gasteiger partial charge is 0.234 e. The molecule has 0 bridgehead atoms. The van der Waals surface area contributed by atoms with E-state index in [1.54, 1.807) is 20.8 Å². The van der Waals surface area contributed by atoms with Crippen LogP contribution < -0.4 is 5.73 Å². The molecule has 2 atom stereocenters. The summed E-state index contributed by atoms with van der Waals surface area (Å²) in [6.07, 6.45) is 1.66. The molecule has 1 aliphatic heterocycles. The molecule has 0 radical (unpaired) electrons. The number of amides is 1. The van der Waals surface area contributed by atoms with Crippen LogP contribution in [-0.2, 0) is 4.79 Å². The zero-order valence-corrected chi connectivity index (χ0v) is 10.8. The maximum Gasteiger partial charge on any atom is 0.234 e. The molecule has 0 aromatic heterocycles. The van der Waals surface area contributed by atoms with Gasteiger partial charge in [-0.25, -0.2) is 4.39 Å². The van der Waals surface area contributed by atoms with Crippen LogP contribution in [0.25, 0.3) is 0 Å². The van der Waals surface area contributed by atoms with Gasteiger partial charge in [-0.05, 0) is 45.7 Å². The van der Waals surface area contributed by atoms with Crippen LogP contribution in [0.2, 0.25) is 0 Å². The molecule has 94 valence electrons. The van der Waals surface area contributed by atoms with E-state index in [2.05, 4.69) is 0 Å². The molecule has 1 rings (SSSR count). The van der Waals surface area contributed by atoms with Gasteiger partial charge in [0.2, 0.25) is 5.91 Å². The minimum atomic E-state index is -0.346. The van der Waals surface area contributed by atoms with Crippen LogP contribution in [0.15, 0.2) is 11.4 Å². The highest BCUT2D eigenvalue weighted by atomic mass is 35.5. The Morgan fingerprint density at radius 3 is 2.50 bits per heavy atom. The first-order valence-electron chi connectivity index (χ1n) is 5.33. The molecule has 3 nitrogen and oxygen atoms in total. The topological polar surface area (TPSA) is 46.3 Å². The molecule has 1 heterocycles. The van der Waals surface area contributed by atoms with E-state index in [9.17, 15) is 9.18 Å². The molecule has 1 fully saturated rings. The summed E-state index contributed by atoms with van der Waals surface area (Å²) in [5.74, 6) is -0.496. The highest BCUT2D eigenvalue weighted by Crippen LogP contribution is 2.25. The second-order valence-electron chi connectivity index (χ2n) is 4.32. The number of nitrogens with zero attached hydrogens (tertiary/aromatic N) is 1. The van der Waals surface area contributed by atoms with E-state index in [1.807, 2.05) is 4.90 Å². The van der Waals surface area contributed by atoms with Crippen molar-refractivity contribution in [3.05, 3.63) is 11.4 Å². The molecule has 0 aromatic rings. The number of hydrogen-bond donors (Lipinski definition) is 1. The van der Waals surface area contributed by atoms with Crippen molar-refractivity contribution < 1.29 is 9.18 Å². The normalized spacial score (nSPS) is 22.4. The molecular formula is C11H20ClFN2O. The second kappa shape index (κ2) is 6.21. The van der Waals surface area contributed by atoms with Gasteiger partial charge in [0.1, 0.15) is 5.83 Å². The van der Waals surface area contributed by atoms with E-state index >= 15 is 0 Å². The van der Waals surface area contributed by atoms with Gasteiger partial charge in [-0.2, -0.15) is 0 Å². The van der Waals surface area contributed by atoms with Crippen molar-refractivity contribution in [3.8, 4) is 0 Å². The minimum Gasteiger partial charge on any atom is -0.368 e. The number of hydrogen-bond acceptors (Lipinski definition) is 2. The lowest BCUT2D eigenvalue weighted by Crippen LogP contribution is -2.45. The molecule has 0 saturated carbocycles. The van der Waals surface area contributed by atoms with E-state index in [1.165, 1.54) is 0 Å². The molecule has 1 unspecified atom stereocenters. The molecule has 2 N–H and O–H groups in total. The van der Waals surface area contributed by atoms with Crippen molar-refractivity contribution in [2.24, 2.45) is 5.73 Å². The summed E-state index contributed by atoms with van der Waals surface area (Å²) in [5.41, 5.74) is 5.95. The third kappa shape index (κ3) is 3.19. The van der Waals surface area contributed by atoms with Gasteiger partial charge < -0.3 is 5.73 Å². The summed E-state index contributed by atoms with van der Waals surface area (Å²) in [5, 5.41) is 0. The molecule has 0 aromatic carbocycles. The van der Waals surface area contributed by atoms with Crippen LogP contribution in [0.4, 0.5) is 4.39 Å². The van der Waals surface area contributed by atoms with Crippen LogP contribution in [0.3, 0.4) is 0 Å². The number of carbonyl (C=O) groups is 1. The van der Waals surface area contributed by atoms with E-state index in [4.69, 9.17) is 5.73 Å². The lowest BCUT2D eigenvalue weighted by Gasteiger charge is -2.28. The van der Waals surface area contributed by atoms with Gasteiger partial charge in [0.25, 0.3) is 0 Å². The van der Waals surface area contributed by atoms with Crippen molar-refractivity contribution in [1.29, 1.82) is 0 Å². The highest BCUT2D eigenvalue weighted by molar-refractivity contribution is 5.85. The molecule has 1 amide bonds. The van der Waals surface area contributed by atoms with E-state index < -0.39 is 0 Å². The van der Waals surface area contributed by atoms with Crippen LogP contribution in [0, 0.1) is 0 Å². The molecule has 0 spiro atoms. The lowest BCUT2D eigenvalue weighted by atomic mass is 10.1. The fourth-order valence-corrected chi connectivity index (χ4v) is 2.12. The standard InChI is InChI=1S/C11H19FN2O.ClH/c1-7(2)10(12)8(3)14-6-4-5-9(14)11(13)15;/h8-9H,4-6H2,1-3H3,(H2,13,15);1H/t8-,9?;/m1./s1. The fraction of sp³-hybridized carbons (Fsp3) is 0.727. The number of likely N-dealkylation sites (tertiary alicyclic amines) is 1. The quantitative estimate of drug-likeness (QED) is 0.833. The molecular weight excluding hydrogens is 231 g/mol. The molecule has 0 aliphatic carbocycles. The maximum absolute atomic E-state index is 13.7. The number of carbonyl (C=O) groups excluding carboxylic acids is 1. The Kier molecular flexibility index (Phi) is 5.97. The van der Waals surface area contributed by atoms with Crippen molar-refractivity contribution in [3.63, 3.8) is 0 Å². The summed E-state index contributed by atoms with van der Waals surface area (Å²) in [4.78, 5) is 13.0. The van der Waals surface area contributed by atoms with Gasteiger partial charge in [0.15, 0.2) is 0 Å². The molecule has 16 heavy (non-hydrogen) atoms. The van der Waals surface area contributed by atoms with Crippen LogP contribution in [0.5, 0.6) is 0 Å². The van der Waals surface area contributed by atoms with Gasteiger partial charge in [-0.1, -0.05) is 0 Å².